The van der Waals surface area contributed by atoms with Gasteiger partial charge in [0.1, 0.15) is 0 Å². The molecule has 0 saturated carbocycles. The van der Waals surface area contributed by atoms with Crippen LogP contribution in [0.25, 0.3) is 0 Å². The summed E-state index contributed by atoms with van der Waals surface area (Å²) in [5, 5.41) is 12.0. The Morgan fingerprint density at radius 2 is 2.24 bits per heavy atom. The number of halogens is 1. The normalized spacial score (nSPS) is 18.4. The molecule has 2 amide bonds. The largest absolute Gasteiger partial charge is 0.478 e. The molecule has 2 rings (SSSR count). The van der Waals surface area contributed by atoms with E-state index in [1.54, 1.807) is 4.90 Å². The average molecular weight is 311 g/mol. The van der Waals surface area contributed by atoms with Gasteiger partial charge in [0.25, 0.3) is 0 Å². The third-order valence-corrected chi connectivity index (χ3v) is 4.17. The summed E-state index contributed by atoms with van der Waals surface area (Å²) in [6.45, 7) is 3.58. The number of nitrogens with one attached hydrogen (secondary N) is 1. The van der Waals surface area contributed by atoms with Crippen LogP contribution in [0.15, 0.2) is 18.2 Å². The molecule has 1 aliphatic heterocycles. The lowest BCUT2D eigenvalue weighted by Crippen LogP contribution is -2.42. The van der Waals surface area contributed by atoms with E-state index < -0.39 is 5.97 Å². The summed E-state index contributed by atoms with van der Waals surface area (Å²) in [6, 6.07) is 4.04. The SMILES string of the molecule is CCC1CCCN(C(=O)Nc2cc(C(=O)O)ccc2Cl)C1. The highest BCUT2D eigenvalue weighted by atomic mass is 35.5. The van der Waals surface area contributed by atoms with Crippen molar-refractivity contribution in [3.8, 4) is 0 Å². The highest BCUT2D eigenvalue weighted by Crippen LogP contribution is 2.25. The Balaban J connectivity index is 2.08. The molecule has 21 heavy (non-hydrogen) atoms. The second-order valence-electron chi connectivity index (χ2n) is 5.29. The van der Waals surface area contributed by atoms with Crippen LogP contribution in [0.5, 0.6) is 0 Å². The lowest BCUT2D eigenvalue weighted by atomic mass is 9.96. The maximum atomic E-state index is 12.3. The lowest BCUT2D eigenvalue weighted by molar-refractivity contribution is 0.0697. The second kappa shape index (κ2) is 6.80. The molecule has 1 unspecified atom stereocenters. The Bertz CT molecular complexity index is 548. The number of rotatable bonds is 3. The van der Waals surface area contributed by atoms with Crippen molar-refractivity contribution in [3.63, 3.8) is 0 Å². The van der Waals surface area contributed by atoms with Crippen LogP contribution < -0.4 is 5.32 Å². The van der Waals surface area contributed by atoms with Gasteiger partial charge in [0.05, 0.1) is 16.3 Å². The van der Waals surface area contributed by atoms with Gasteiger partial charge >= 0.3 is 12.0 Å². The number of nitrogens with zero attached hydrogens (tertiary/aromatic N) is 1. The van der Waals surface area contributed by atoms with Crippen LogP contribution in [0.3, 0.4) is 0 Å². The number of urea groups is 1. The summed E-state index contributed by atoms with van der Waals surface area (Å²) in [4.78, 5) is 25.0. The number of carboxylic acids is 1. The van der Waals surface area contributed by atoms with Crippen LogP contribution in [0, 0.1) is 5.92 Å². The van der Waals surface area contributed by atoms with E-state index in [0.717, 1.165) is 32.4 Å². The molecule has 1 heterocycles. The Morgan fingerprint density at radius 1 is 1.48 bits per heavy atom. The summed E-state index contributed by atoms with van der Waals surface area (Å²) in [7, 11) is 0. The molecule has 1 aromatic rings. The highest BCUT2D eigenvalue weighted by Gasteiger charge is 2.23. The molecule has 1 aromatic carbocycles. The minimum absolute atomic E-state index is 0.0970. The van der Waals surface area contributed by atoms with Crippen molar-refractivity contribution in [2.24, 2.45) is 5.92 Å². The monoisotopic (exact) mass is 310 g/mol. The van der Waals surface area contributed by atoms with Crippen LogP contribution in [0.1, 0.15) is 36.5 Å². The Kier molecular flexibility index (Phi) is 5.07. The van der Waals surface area contributed by atoms with Crippen LogP contribution in [0.2, 0.25) is 5.02 Å². The van der Waals surface area contributed by atoms with Crippen molar-refractivity contribution in [2.45, 2.75) is 26.2 Å². The molecule has 6 heteroatoms. The predicted molar refractivity (Wildman–Crippen MR) is 82.0 cm³/mol. The Morgan fingerprint density at radius 3 is 2.90 bits per heavy atom. The maximum Gasteiger partial charge on any atom is 0.335 e. The number of carbonyl (C=O) groups is 2. The molecule has 2 N–H and O–H groups in total. The highest BCUT2D eigenvalue weighted by molar-refractivity contribution is 6.33. The van der Waals surface area contributed by atoms with Gasteiger partial charge in [0.2, 0.25) is 0 Å². The fourth-order valence-electron chi connectivity index (χ4n) is 2.53. The van der Waals surface area contributed by atoms with Crippen LogP contribution in [-0.4, -0.2) is 35.1 Å². The number of hydrogen-bond donors (Lipinski definition) is 2. The van der Waals surface area contributed by atoms with Gasteiger partial charge in [0.15, 0.2) is 0 Å². The van der Waals surface area contributed by atoms with E-state index in [9.17, 15) is 9.59 Å². The molecule has 1 atom stereocenters. The summed E-state index contributed by atoms with van der Waals surface area (Å²) in [5.74, 6) is -0.517. The van der Waals surface area contributed by atoms with E-state index in [4.69, 9.17) is 16.7 Å². The van der Waals surface area contributed by atoms with Gasteiger partial charge in [-0.15, -0.1) is 0 Å². The number of amides is 2. The molecular formula is C15H19ClN2O3. The van der Waals surface area contributed by atoms with E-state index in [0.29, 0.717) is 16.6 Å². The van der Waals surface area contributed by atoms with E-state index >= 15 is 0 Å². The summed E-state index contributed by atoms with van der Waals surface area (Å²) in [5.41, 5.74) is 0.431. The lowest BCUT2D eigenvalue weighted by Gasteiger charge is -2.32. The Hall–Kier alpha value is -1.75. The summed E-state index contributed by atoms with van der Waals surface area (Å²) in [6.07, 6.45) is 3.20. The van der Waals surface area contributed by atoms with Crippen molar-refractivity contribution in [2.75, 3.05) is 18.4 Å². The first-order valence-electron chi connectivity index (χ1n) is 7.10. The zero-order chi connectivity index (χ0) is 15.4. The number of aromatic carboxylic acids is 1. The number of hydrogen-bond acceptors (Lipinski definition) is 2. The third-order valence-electron chi connectivity index (χ3n) is 3.84. The number of likely N-dealkylation sites (tertiary alicyclic amines) is 1. The molecule has 1 fully saturated rings. The summed E-state index contributed by atoms with van der Waals surface area (Å²) >= 11 is 6.01. The molecule has 1 saturated heterocycles. The predicted octanol–water partition coefficient (Wildman–Crippen LogP) is 3.69. The number of anilines is 1. The zero-order valence-corrected chi connectivity index (χ0v) is 12.7. The molecule has 0 aliphatic carbocycles. The third kappa shape index (κ3) is 3.88. The van der Waals surface area contributed by atoms with E-state index in [2.05, 4.69) is 12.2 Å². The van der Waals surface area contributed by atoms with Gasteiger partial charge in [-0.1, -0.05) is 24.9 Å². The maximum absolute atomic E-state index is 12.3. The molecule has 0 radical (unpaired) electrons. The zero-order valence-electron chi connectivity index (χ0n) is 11.9. The van der Waals surface area contributed by atoms with Crippen molar-refractivity contribution in [1.82, 2.24) is 4.90 Å². The van der Waals surface area contributed by atoms with Crippen molar-refractivity contribution in [3.05, 3.63) is 28.8 Å². The van der Waals surface area contributed by atoms with Gasteiger partial charge in [0, 0.05) is 13.1 Å². The fourth-order valence-corrected chi connectivity index (χ4v) is 2.70. The van der Waals surface area contributed by atoms with Crippen LogP contribution in [0.4, 0.5) is 10.5 Å². The molecule has 1 aliphatic rings. The minimum atomic E-state index is -1.05. The number of carboxylic acid groups (broad SMARTS) is 1. The second-order valence-corrected chi connectivity index (χ2v) is 5.70. The van der Waals surface area contributed by atoms with Gasteiger partial charge < -0.3 is 15.3 Å². The number of piperidine rings is 1. The molecule has 0 bridgehead atoms. The first-order valence-corrected chi connectivity index (χ1v) is 7.47. The van der Waals surface area contributed by atoms with E-state index in [1.165, 1.54) is 18.2 Å². The molecular weight excluding hydrogens is 292 g/mol. The molecule has 5 nitrogen and oxygen atoms in total. The number of carbonyl (C=O) groups excluding carboxylic acids is 1. The van der Waals surface area contributed by atoms with Crippen LogP contribution >= 0.6 is 11.6 Å². The van der Waals surface area contributed by atoms with E-state index in [-0.39, 0.29) is 11.6 Å². The van der Waals surface area contributed by atoms with Gasteiger partial charge in [-0.25, -0.2) is 9.59 Å². The summed E-state index contributed by atoms with van der Waals surface area (Å²) < 4.78 is 0. The quantitative estimate of drug-likeness (QED) is 0.894. The smallest absolute Gasteiger partial charge is 0.335 e. The van der Waals surface area contributed by atoms with E-state index in [1.807, 2.05) is 0 Å². The van der Waals surface area contributed by atoms with Crippen molar-refractivity contribution < 1.29 is 14.7 Å². The fraction of sp³-hybridized carbons (Fsp3) is 0.467. The van der Waals surface area contributed by atoms with Gasteiger partial charge in [-0.3, -0.25) is 0 Å². The molecule has 0 spiro atoms. The van der Waals surface area contributed by atoms with Crippen LogP contribution in [-0.2, 0) is 0 Å². The Labute approximate surface area is 128 Å². The standard InChI is InChI=1S/C15H19ClN2O3/c1-2-10-4-3-7-18(9-10)15(21)17-13-8-11(14(19)20)5-6-12(13)16/h5-6,8,10H,2-4,7,9H2,1H3,(H,17,21)(H,19,20). The number of benzene rings is 1. The van der Waals surface area contributed by atoms with Crippen molar-refractivity contribution >= 4 is 29.3 Å². The van der Waals surface area contributed by atoms with Gasteiger partial charge in [-0.05, 0) is 37.0 Å². The van der Waals surface area contributed by atoms with Gasteiger partial charge in [-0.2, -0.15) is 0 Å². The molecule has 114 valence electrons. The molecule has 0 aromatic heterocycles. The first kappa shape index (κ1) is 15.6. The van der Waals surface area contributed by atoms with Crippen molar-refractivity contribution in [1.29, 1.82) is 0 Å². The first-order chi connectivity index (χ1) is 10.0. The minimum Gasteiger partial charge on any atom is -0.478 e. The average Bonchev–Trinajstić information content (AvgIpc) is 2.49. The topological polar surface area (TPSA) is 69.6 Å².